The number of isocyanates is 1. The fraction of sp³-hybridized carbons (Fsp3) is 0.533. The maximum atomic E-state index is 10.8. The lowest BCUT2D eigenvalue weighted by molar-refractivity contribution is 0.355. The zero-order chi connectivity index (χ0) is 13.9. The van der Waals surface area contributed by atoms with Gasteiger partial charge in [0.25, 0.3) is 0 Å². The molecule has 0 unspecified atom stereocenters. The van der Waals surface area contributed by atoms with Gasteiger partial charge in [0.05, 0.1) is 7.11 Å². The van der Waals surface area contributed by atoms with Gasteiger partial charge in [-0.3, -0.25) is 0 Å². The van der Waals surface area contributed by atoms with Crippen molar-refractivity contribution >= 4 is 6.08 Å². The number of benzene rings is 1. The number of aromatic hydroxyl groups is 1. The lowest BCUT2D eigenvalue weighted by atomic mass is 9.86. The number of hydrogen-bond acceptors (Lipinski definition) is 4. The number of aryl methyl sites for hydroxylation is 1. The highest BCUT2D eigenvalue weighted by Crippen LogP contribution is 2.48. The Labute approximate surface area is 113 Å². The van der Waals surface area contributed by atoms with Crippen molar-refractivity contribution in [1.82, 2.24) is 0 Å². The molecule has 1 aliphatic rings. The summed E-state index contributed by atoms with van der Waals surface area (Å²) in [5.74, 6) is 0.544. The van der Waals surface area contributed by atoms with Gasteiger partial charge in [0, 0.05) is 5.56 Å². The van der Waals surface area contributed by atoms with Crippen molar-refractivity contribution < 1.29 is 14.6 Å². The second-order valence-electron chi connectivity index (χ2n) is 4.99. The van der Waals surface area contributed by atoms with Crippen molar-refractivity contribution in [3.8, 4) is 11.5 Å². The van der Waals surface area contributed by atoms with E-state index in [1.807, 2.05) is 19.1 Å². The van der Waals surface area contributed by atoms with Gasteiger partial charge in [0.15, 0.2) is 11.5 Å². The van der Waals surface area contributed by atoms with Crippen LogP contribution in [0.3, 0.4) is 0 Å². The Hall–Kier alpha value is -1.80. The summed E-state index contributed by atoms with van der Waals surface area (Å²) in [6.45, 7) is 2.04. The summed E-state index contributed by atoms with van der Waals surface area (Å²) in [7, 11) is 1.53. The molecule has 19 heavy (non-hydrogen) atoms. The molecule has 0 heterocycles. The van der Waals surface area contributed by atoms with Crippen LogP contribution in [0.1, 0.15) is 43.7 Å². The fourth-order valence-corrected chi connectivity index (χ4v) is 2.87. The van der Waals surface area contributed by atoms with Gasteiger partial charge in [0.1, 0.15) is 5.54 Å². The molecule has 1 saturated carbocycles. The van der Waals surface area contributed by atoms with E-state index in [2.05, 4.69) is 4.99 Å². The van der Waals surface area contributed by atoms with Gasteiger partial charge in [0.2, 0.25) is 6.08 Å². The number of phenols is 1. The molecule has 0 atom stereocenters. The molecular formula is C15H19NO3. The smallest absolute Gasteiger partial charge is 0.235 e. The largest absolute Gasteiger partial charge is 0.504 e. The zero-order valence-electron chi connectivity index (χ0n) is 11.4. The number of phenolic OH excluding ortho intramolecular Hbond substituents is 1. The van der Waals surface area contributed by atoms with Gasteiger partial charge in [-0.2, -0.15) is 4.99 Å². The highest BCUT2D eigenvalue weighted by molar-refractivity contribution is 5.53. The van der Waals surface area contributed by atoms with Gasteiger partial charge in [-0.1, -0.05) is 19.8 Å². The van der Waals surface area contributed by atoms with Crippen molar-refractivity contribution in [3.05, 3.63) is 23.3 Å². The van der Waals surface area contributed by atoms with Crippen molar-refractivity contribution in [2.24, 2.45) is 4.99 Å². The van der Waals surface area contributed by atoms with Crippen LogP contribution in [0.15, 0.2) is 17.1 Å². The van der Waals surface area contributed by atoms with Gasteiger partial charge >= 0.3 is 0 Å². The van der Waals surface area contributed by atoms with Crippen LogP contribution in [-0.2, 0) is 16.8 Å². The maximum Gasteiger partial charge on any atom is 0.235 e. The third kappa shape index (κ3) is 2.36. The first kappa shape index (κ1) is 13.6. The number of aliphatic imine (C=N–C) groups is 1. The Balaban J connectivity index is 2.62. The van der Waals surface area contributed by atoms with Crippen LogP contribution >= 0.6 is 0 Å². The molecule has 0 amide bonds. The van der Waals surface area contributed by atoms with Crippen molar-refractivity contribution in [2.75, 3.05) is 7.11 Å². The van der Waals surface area contributed by atoms with E-state index in [1.165, 1.54) is 7.11 Å². The fourth-order valence-electron chi connectivity index (χ4n) is 2.87. The molecule has 0 radical (unpaired) electrons. The Morgan fingerprint density at radius 1 is 1.42 bits per heavy atom. The lowest BCUT2D eigenvalue weighted by Crippen LogP contribution is -2.19. The maximum absolute atomic E-state index is 10.8. The van der Waals surface area contributed by atoms with Crippen LogP contribution in [0.4, 0.5) is 0 Å². The number of carbonyl (C=O) groups excluding carboxylic acids is 1. The first-order valence-corrected chi connectivity index (χ1v) is 6.66. The molecule has 4 heteroatoms. The number of ether oxygens (including phenoxy) is 1. The topological polar surface area (TPSA) is 58.9 Å². The Morgan fingerprint density at radius 2 is 2.11 bits per heavy atom. The van der Waals surface area contributed by atoms with E-state index >= 15 is 0 Å². The van der Waals surface area contributed by atoms with E-state index in [9.17, 15) is 9.90 Å². The summed E-state index contributed by atoms with van der Waals surface area (Å²) in [6, 6.07) is 3.76. The summed E-state index contributed by atoms with van der Waals surface area (Å²) in [4.78, 5) is 14.8. The minimum absolute atomic E-state index is 0.0978. The number of methoxy groups -OCH3 is 1. The lowest BCUT2D eigenvalue weighted by Gasteiger charge is -2.25. The Morgan fingerprint density at radius 3 is 2.63 bits per heavy atom. The van der Waals surface area contributed by atoms with Gasteiger partial charge in [-0.05, 0) is 37.0 Å². The van der Waals surface area contributed by atoms with Crippen molar-refractivity contribution in [1.29, 1.82) is 0 Å². The predicted molar refractivity (Wildman–Crippen MR) is 72.3 cm³/mol. The molecule has 1 fully saturated rings. The van der Waals surface area contributed by atoms with E-state index in [0.717, 1.165) is 37.7 Å². The zero-order valence-corrected chi connectivity index (χ0v) is 11.4. The molecule has 0 saturated heterocycles. The molecule has 2 rings (SSSR count). The molecule has 4 nitrogen and oxygen atoms in total. The average molecular weight is 261 g/mol. The third-order valence-corrected chi connectivity index (χ3v) is 3.95. The quantitative estimate of drug-likeness (QED) is 0.669. The number of hydrogen-bond donors (Lipinski definition) is 1. The predicted octanol–water partition coefficient (Wildman–Crippen LogP) is 3.07. The van der Waals surface area contributed by atoms with Gasteiger partial charge in [-0.25, -0.2) is 4.79 Å². The summed E-state index contributed by atoms with van der Waals surface area (Å²) in [6.07, 6.45) is 6.06. The summed E-state index contributed by atoms with van der Waals surface area (Å²) >= 11 is 0. The van der Waals surface area contributed by atoms with E-state index < -0.39 is 5.54 Å². The minimum atomic E-state index is -0.621. The van der Waals surface area contributed by atoms with Crippen molar-refractivity contribution in [3.63, 3.8) is 0 Å². The first-order chi connectivity index (χ1) is 9.16. The monoisotopic (exact) mass is 261 g/mol. The molecule has 1 aliphatic carbocycles. The van der Waals surface area contributed by atoms with Crippen LogP contribution in [0, 0.1) is 0 Å². The Kier molecular flexibility index (Phi) is 3.91. The standard InChI is InChI=1S/C15H19NO3/c1-3-11-8-12(14(18)13(9-11)19-2)15(16-10-17)6-4-5-7-15/h8-9,18H,3-7H2,1-2H3. The van der Waals surface area contributed by atoms with E-state index in [0.29, 0.717) is 11.3 Å². The van der Waals surface area contributed by atoms with Crippen LogP contribution in [0.2, 0.25) is 0 Å². The Bertz CT molecular complexity index is 512. The summed E-state index contributed by atoms with van der Waals surface area (Å²) in [5.41, 5.74) is 1.14. The molecule has 0 aromatic heterocycles. The normalized spacial score (nSPS) is 16.9. The van der Waals surface area contributed by atoms with Crippen LogP contribution in [0.25, 0.3) is 0 Å². The molecule has 1 aromatic rings. The third-order valence-electron chi connectivity index (χ3n) is 3.95. The van der Waals surface area contributed by atoms with E-state index in [-0.39, 0.29) is 5.75 Å². The molecule has 1 N–H and O–H groups in total. The van der Waals surface area contributed by atoms with E-state index in [4.69, 9.17) is 4.74 Å². The molecule has 0 aliphatic heterocycles. The van der Waals surface area contributed by atoms with Gasteiger partial charge in [-0.15, -0.1) is 0 Å². The minimum Gasteiger partial charge on any atom is -0.504 e. The molecule has 0 spiro atoms. The summed E-state index contributed by atoms with van der Waals surface area (Å²) < 4.78 is 5.22. The SMILES string of the molecule is CCc1cc(OC)c(O)c(C2(N=C=O)CCCC2)c1. The van der Waals surface area contributed by atoms with Crippen molar-refractivity contribution in [2.45, 2.75) is 44.6 Å². The highest BCUT2D eigenvalue weighted by atomic mass is 16.5. The first-order valence-electron chi connectivity index (χ1n) is 6.66. The molecular weight excluding hydrogens is 242 g/mol. The number of nitrogens with zero attached hydrogens (tertiary/aromatic N) is 1. The molecule has 1 aromatic carbocycles. The van der Waals surface area contributed by atoms with Crippen LogP contribution in [-0.4, -0.2) is 18.3 Å². The molecule has 102 valence electrons. The second-order valence-corrected chi connectivity index (χ2v) is 4.99. The molecule has 0 bridgehead atoms. The second kappa shape index (κ2) is 5.45. The summed E-state index contributed by atoms with van der Waals surface area (Å²) in [5, 5.41) is 10.3. The van der Waals surface area contributed by atoms with Crippen LogP contribution in [0.5, 0.6) is 11.5 Å². The van der Waals surface area contributed by atoms with Gasteiger partial charge < -0.3 is 9.84 Å². The van der Waals surface area contributed by atoms with Crippen LogP contribution < -0.4 is 4.74 Å². The van der Waals surface area contributed by atoms with E-state index in [1.54, 1.807) is 6.08 Å². The highest BCUT2D eigenvalue weighted by Gasteiger charge is 2.38. The average Bonchev–Trinajstić information content (AvgIpc) is 2.89. The number of rotatable bonds is 4.